The molecule has 2 fully saturated rings. The first-order valence-electron chi connectivity index (χ1n) is 21.8. The number of ether oxygens (including phenoxy) is 1. The van der Waals surface area contributed by atoms with Crippen molar-refractivity contribution in [1.82, 2.24) is 18.9 Å². The molecule has 2 amide bonds. The predicted molar refractivity (Wildman–Crippen MR) is 248 cm³/mol. The molecule has 0 unspecified atom stereocenters. The number of phenolic OH excluding ortho intramolecular Hbond substituents is 1. The Bertz CT molecular complexity index is 2280. The Balaban J connectivity index is 0.000000178. The molecule has 8 rings (SSSR count). The summed E-state index contributed by atoms with van der Waals surface area (Å²) in [7, 11) is 0. The number of alkyl halides is 1. The van der Waals surface area contributed by atoms with E-state index in [1.807, 2.05) is 53.6 Å². The third kappa shape index (κ3) is 14.8. The Hall–Kier alpha value is -5.95. The number of aromatic nitrogens is 2. The van der Waals surface area contributed by atoms with Crippen LogP contribution in [0.3, 0.4) is 0 Å². The van der Waals surface area contributed by atoms with Crippen molar-refractivity contribution >= 4 is 34.8 Å². The number of rotatable bonds is 14. The largest absolute Gasteiger partial charge is 0.508 e. The number of nitrogens with one attached hydrogen (secondary N) is 2. The molecule has 2 aliphatic rings. The molecule has 2 aliphatic heterocycles. The van der Waals surface area contributed by atoms with E-state index in [-0.39, 0.29) is 17.6 Å². The summed E-state index contributed by atoms with van der Waals surface area (Å²) in [6, 6.07) is 28.9. The molecule has 332 valence electrons. The lowest BCUT2D eigenvalue weighted by Gasteiger charge is -2.26. The summed E-state index contributed by atoms with van der Waals surface area (Å²) in [5, 5.41) is 14.8. The Labute approximate surface area is 374 Å². The average Bonchev–Trinajstić information content (AvgIpc) is 4.05. The lowest BCUT2D eigenvalue weighted by atomic mass is 10.1. The van der Waals surface area contributed by atoms with E-state index in [2.05, 4.69) is 20.4 Å². The van der Waals surface area contributed by atoms with Crippen LogP contribution < -0.4 is 15.4 Å². The number of phenols is 1. The highest BCUT2D eigenvalue weighted by Crippen LogP contribution is 2.25. The molecule has 3 N–H and O–H groups in total. The smallest absolute Gasteiger partial charge is 0.255 e. The van der Waals surface area contributed by atoms with Crippen molar-refractivity contribution < 1.29 is 28.2 Å². The summed E-state index contributed by atoms with van der Waals surface area (Å²) in [4.78, 5) is 30.0. The summed E-state index contributed by atoms with van der Waals surface area (Å²) in [6.07, 6.45) is 17.6. The number of halogens is 3. The van der Waals surface area contributed by atoms with Gasteiger partial charge in [-0.05, 0) is 180 Å². The van der Waals surface area contributed by atoms with E-state index >= 15 is 0 Å². The minimum Gasteiger partial charge on any atom is -0.508 e. The highest BCUT2D eigenvalue weighted by Gasteiger charge is 2.14. The van der Waals surface area contributed by atoms with E-state index in [1.165, 1.54) is 120 Å². The van der Waals surface area contributed by atoms with Crippen molar-refractivity contribution in [3.8, 4) is 22.9 Å². The summed E-state index contributed by atoms with van der Waals surface area (Å²) in [5.41, 5.74) is 3.02. The summed E-state index contributed by atoms with van der Waals surface area (Å²) < 4.78 is 36.7. The maximum atomic E-state index is 13.8. The number of hydrogen-bond acceptors (Lipinski definition) is 6. The fourth-order valence-electron chi connectivity index (χ4n) is 7.49. The first kappa shape index (κ1) is 46.6. The molecular weight excluding hydrogens is 822 g/mol. The highest BCUT2D eigenvalue weighted by molar-refractivity contribution is 6.17. The first-order chi connectivity index (χ1) is 30.7. The topological polar surface area (TPSA) is 104 Å². The maximum Gasteiger partial charge on any atom is 0.255 e. The van der Waals surface area contributed by atoms with Crippen LogP contribution in [0.5, 0.6) is 11.5 Å². The van der Waals surface area contributed by atoms with Crippen LogP contribution in [0.2, 0.25) is 0 Å². The molecule has 0 bridgehead atoms. The minimum absolute atomic E-state index is 0.0790. The Morgan fingerprint density at radius 3 is 1.46 bits per heavy atom. The summed E-state index contributed by atoms with van der Waals surface area (Å²) in [6.45, 7) is 7.93. The zero-order valence-electron chi connectivity index (χ0n) is 35.6. The van der Waals surface area contributed by atoms with Crippen LogP contribution in [-0.2, 0) is 0 Å². The fourth-order valence-corrected chi connectivity index (χ4v) is 7.61. The third-order valence-electron chi connectivity index (χ3n) is 10.8. The number of carbonyl (C=O) groups is 2. The highest BCUT2D eigenvalue weighted by atomic mass is 35.5. The second-order valence-electron chi connectivity index (χ2n) is 15.5. The molecule has 63 heavy (non-hydrogen) atoms. The van der Waals surface area contributed by atoms with Crippen molar-refractivity contribution in [3.05, 3.63) is 157 Å². The van der Waals surface area contributed by atoms with E-state index in [0.29, 0.717) is 40.5 Å². The van der Waals surface area contributed by atoms with E-state index in [9.17, 15) is 23.5 Å². The Kier molecular flexibility index (Phi) is 18.2. The van der Waals surface area contributed by atoms with Gasteiger partial charge in [0.25, 0.3) is 11.8 Å². The number of amides is 2. The van der Waals surface area contributed by atoms with Gasteiger partial charge in [-0.1, -0.05) is 12.8 Å². The first-order valence-corrected chi connectivity index (χ1v) is 22.3. The van der Waals surface area contributed by atoms with Gasteiger partial charge < -0.3 is 39.4 Å². The summed E-state index contributed by atoms with van der Waals surface area (Å²) >= 11 is 5.59. The molecule has 6 aromatic rings. The standard InChI is InChI=1S/C25H28FN3O2.C17H13FN2O2.C8H16ClN/c26-21-9-12-24(29-16-4-5-17-29)23(19-21)27-25(30)20-7-10-22(11-8-20)31-18-6-15-28-13-2-1-3-14-28;18-13-5-8-16(20-9-1-2-10-20)15(11-13)19-17(22)12-3-6-14(21)7-4-12;9-5-4-8-10-6-2-1-3-7-10/h4-5,7-12,16-17,19H,1-3,6,13-15,18H2,(H,27,30);1-11,21H,(H,19,22);1-8H2. The molecule has 2 aromatic heterocycles. The van der Waals surface area contributed by atoms with Gasteiger partial charge in [-0.25, -0.2) is 8.78 Å². The number of carbonyl (C=O) groups excluding carboxylic acids is 2. The molecular formula is C50H57ClF2N6O4. The number of benzene rings is 4. The maximum absolute atomic E-state index is 13.8. The van der Waals surface area contributed by atoms with Crippen molar-refractivity contribution in [2.24, 2.45) is 0 Å². The van der Waals surface area contributed by atoms with Crippen LogP contribution in [0.15, 0.2) is 134 Å². The van der Waals surface area contributed by atoms with Gasteiger partial charge in [-0.15, -0.1) is 11.6 Å². The second kappa shape index (κ2) is 24.6. The van der Waals surface area contributed by atoms with Gasteiger partial charge in [-0.3, -0.25) is 9.59 Å². The zero-order valence-corrected chi connectivity index (χ0v) is 36.4. The van der Waals surface area contributed by atoms with Crippen LogP contribution in [0.4, 0.5) is 20.2 Å². The van der Waals surface area contributed by atoms with E-state index < -0.39 is 11.6 Å². The average molecular weight is 879 g/mol. The number of piperidine rings is 2. The quantitative estimate of drug-likeness (QED) is 0.0744. The lowest BCUT2D eigenvalue weighted by molar-refractivity contribution is 0.101. The Morgan fingerprint density at radius 2 is 1.02 bits per heavy atom. The van der Waals surface area contributed by atoms with Gasteiger partial charge in [-0.2, -0.15) is 0 Å². The van der Waals surface area contributed by atoms with Gasteiger partial charge in [0.15, 0.2) is 0 Å². The molecule has 0 atom stereocenters. The van der Waals surface area contributed by atoms with E-state index in [1.54, 1.807) is 41.0 Å². The van der Waals surface area contributed by atoms with Gasteiger partial charge >= 0.3 is 0 Å². The second-order valence-corrected chi connectivity index (χ2v) is 15.9. The minimum atomic E-state index is -0.433. The van der Waals surface area contributed by atoms with E-state index in [0.717, 1.165) is 31.0 Å². The fraction of sp³-hybridized carbons (Fsp3) is 0.320. The van der Waals surface area contributed by atoms with Gasteiger partial charge in [0.2, 0.25) is 0 Å². The molecule has 2 saturated heterocycles. The third-order valence-corrected chi connectivity index (χ3v) is 11.1. The molecule has 10 nitrogen and oxygen atoms in total. The zero-order chi connectivity index (χ0) is 44.2. The number of nitrogens with zero attached hydrogens (tertiary/aromatic N) is 4. The number of aromatic hydroxyl groups is 1. The van der Waals surface area contributed by atoms with Crippen LogP contribution in [0, 0.1) is 11.6 Å². The molecule has 0 aliphatic carbocycles. The number of anilines is 2. The van der Waals surface area contributed by atoms with Crippen molar-refractivity contribution in [2.75, 3.05) is 62.4 Å². The van der Waals surface area contributed by atoms with Crippen LogP contribution in [0.1, 0.15) is 72.1 Å². The SMILES string of the molecule is ClCCCN1CCCCC1.O=C(Nc1cc(F)ccc1-n1cccc1)c1ccc(O)cc1.O=C(Nc1cc(F)ccc1-n1cccc1)c1ccc(OCCCN2CCCCC2)cc1. The van der Waals surface area contributed by atoms with Gasteiger partial charge in [0, 0.05) is 48.3 Å². The van der Waals surface area contributed by atoms with Crippen LogP contribution >= 0.6 is 11.6 Å². The van der Waals surface area contributed by atoms with Gasteiger partial charge in [0.05, 0.1) is 29.4 Å². The molecule has 0 spiro atoms. The number of hydrogen-bond donors (Lipinski definition) is 3. The molecule has 13 heteroatoms. The summed E-state index contributed by atoms with van der Waals surface area (Å²) in [5.74, 6) is 0.131. The lowest BCUT2D eigenvalue weighted by Crippen LogP contribution is -2.31. The molecule has 0 radical (unpaired) electrons. The Morgan fingerprint density at radius 1 is 0.587 bits per heavy atom. The number of likely N-dealkylation sites (tertiary alicyclic amines) is 2. The van der Waals surface area contributed by atoms with Crippen molar-refractivity contribution in [1.29, 1.82) is 0 Å². The normalized spacial score (nSPS) is 14.1. The van der Waals surface area contributed by atoms with Crippen LogP contribution in [0.25, 0.3) is 11.4 Å². The van der Waals surface area contributed by atoms with Crippen molar-refractivity contribution in [3.63, 3.8) is 0 Å². The molecule has 4 heterocycles. The molecule has 4 aromatic carbocycles. The predicted octanol–water partition coefficient (Wildman–Crippen LogP) is 10.8. The molecule has 0 saturated carbocycles. The van der Waals surface area contributed by atoms with E-state index in [4.69, 9.17) is 16.3 Å². The monoisotopic (exact) mass is 878 g/mol. The van der Waals surface area contributed by atoms with Crippen molar-refractivity contribution in [2.45, 2.75) is 51.4 Å². The van der Waals surface area contributed by atoms with Gasteiger partial charge in [0.1, 0.15) is 23.1 Å². The van der Waals surface area contributed by atoms with Crippen LogP contribution in [-0.4, -0.2) is 87.6 Å².